The maximum Gasteiger partial charge on any atom is 0.243 e. The van der Waals surface area contributed by atoms with Crippen LogP contribution in [0, 0.1) is 0 Å². The van der Waals surface area contributed by atoms with E-state index in [4.69, 9.17) is 9.84 Å². The summed E-state index contributed by atoms with van der Waals surface area (Å²) >= 11 is 0. The number of ether oxygens (including phenoxy) is 1. The molecule has 2 amide bonds. The van der Waals surface area contributed by atoms with Crippen LogP contribution in [0.3, 0.4) is 0 Å². The predicted molar refractivity (Wildman–Crippen MR) is 125 cm³/mol. The molecule has 33 heavy (non-hydrogen) atoms. The van der Waals surface area contributed by atoms with Crippen LogP contribution in [0.4, 0.5) is 0 Å². The summed E-state index contributed by atoms with van der Waals surface area (Å²) in [6.07, 6.45) is 1.24. The van der Waals surface area contributed by atoms with Gasteiger partial charge in [-0.1, -0.05) is 42.5 Å². The van der Waals surface area contributed by atoms with E-state index in [0.29, 0.717) is 5.75 Å². The van der Waals surface area contributed by atoms with Gasteiger partial charge in [-0.2, -0.15) is 4.31 Å². The monoisotopic (exact) mass is 477 g/mol. The molecular weight excluding hydrogens is 446 g/mol. The van der Waals surface area contributed by atoms with Gasteiger partial charge in [-0.3, -0.25) is 9.59 Å². The molecule has 2 rings (SSSR count). The molecule has 0 fully saturated rings. The quantitative estimate of drug-likeness (QED) is 0.463. The summed E-state index contributed by atoms with van der Waals surface area (Å²) in [5, 5.41) is 11.8. The molecule has 1 unspecified atom stereocenters. The van der Waals surface area contributed by atoms with Crippen LogP contribution < -0.4 is 10.1 Å². The zero-order chi connectivity index (χ0) is 24.4. The Morgan fingerprint density at radius 3 is 2.24 bits per heavy atom. The summed E-state index contributed by atoms with van der Waals surface area (Å²) in [6, 6.07) is 15.4. The highest BCUT2D eigenvalue weighted by Gasteiger charge is 2.31. The molecule has 2 N–H and O–H groups in total. The van der Waals surface area contributed by atoms with Crippen molar-refractivity contribution in [3.8, 4) is 5.75 Å². The summed E-state index contributed by atoms with van der Waals surface area (Å²) < 4.78 is 29.9. The second kappa shape index (κ2) is 12.3. The van der Waals surface area contributed by atoms with Crippen molar-refractivity contribution in [1.29, 1.82) is 0 Å². The molecule has 0 aliphatic carbocycles. The summed E-state index contributed by atoms with van der Waals surface area (Å²) in [5.74, 6) is -0.300. The maximum atomic E-state index is 13.3. The van der Waals surface area contributed by atoms with Crippen molar-refractivity contribution in [1.82, 2.24) is 14.5 Å². The number of carbonyl (C=O) groups excluding carboxylic acids is 2. The molecule has 2 aromatic carbocycles. The third-order valence-corrected chi connectivity index (χ3v) is 6.38. The van der Waals surface area contributed by atoms with Gasteiger partial charge in [0.25, 0.3) is 0 Å². The Morgan fingerprint density at radius 1 is 1.06 bits per heavy atom. The highest BCUT2D eigenvalue weighted by Crippen LogP contribution is 2.18. The number of aliphatic hydroxyl groups is 1. The van der Waals surface area contributed by atoms with Gasteiger partial charge in [0.2, 0.25) is 21.8 Å². The smallest absolute Gasteiger partial charge is 0.243 e. The fraction of sp³-hybridized carbons (Fsp3) is 0.391. The van der Waals surface area contributed by atoms with Gasteiger partial charge in [-0.25, -0.2) is 8.42 Å². The second-order valence-corrected chi connectivity index (χ2v) is 9.70. The Bertz CT molecular complexity index is 1010. The number of rotatable bonds is 12. The number of aliphatic hydroxyl groups excluding tert-OH is 1. The first-order valence-electron chi connectivity index (χ1n) is 10.4. The van der Waals surface area contributed by atoms with Gasteiger partial charge in [0.1, 0.15) is 11.8 Å². The first-order valence-corrected chi connectivity index (χ1v) is 12.3. The largest absolute Gasteiger partial charge is 0.497 e. The third kappa shape index (κ3) is 8.16. The number of nitrogens with zero attached hydrogens (tertiary/aromatic N) is 2. The van der Waals surface area contributed by atoms with Gasteiger partial charge >= 0.3 is 0 Å². The summed E-state index contributed by atoms with van der Waals surface area (Å²) in [4.78, 5) is 27.7. The predicted octanol–water partition coefficient (Wildman–Crippen LogP) is 0.635. The summed E-state index contributed by atoms with van der Waals surface area (Å²) in [7, 11) is -0.731. The normalized spacial score (nSPS) is 12.3. The number of carbonyl (C=O) groups is 2. The van der Waals surface area contributed by atoms with E-state index in [0.717, 1.165) is 21.7 Å². The first kappa shape index (κ1) is 26.3. The lowest BCUT2D eigenvalue weighted by Crippen LogP contribution is -2.53. The van der Waals surface area contributed by atoms with Crippen molar-refractivity contribution in [2.24, 2.45) is 0 Å². The molecule has 0 heterocycles. The molecule has 0 radical (unpaired) electrons. The number of amides is 2. The van der Waals surface area contributed by atoms with Crippen molar-refractivity contribution in [2.75, 3.05) is 40.1 Å². The molecule has 0 spiro atoms. The van der Waals surface area contributed by atoms with Crippen LogP contribution in [-0.2, 0) is 32.6 Å². The van der Waals surface area contributed by atoms with E-state index >= 15 is 0 Å². The third-order valence-electron chi connectivity index (χ3n) is 5.12. The minimum atomic E-state index is -3.60. The Balaban J connectivity index is 2.42. The molecule has 0 bridgehead atoms. The van der Waals surface area contributed by atoms with Crippen molar-refractivity contribution in [3.63, 3.8) is 0 Å². The lowest BCUT2D eigenvalue weighted by Gasteiger charge is -2.32. The van der Waals surface area contributed by atoms with E-state index in [1.807, 2.05) is 30.3 Å². The lowest BCUT2D eigenvalue weighted by molar-refractivity contribution is -0.141. The minimum Gasteiger partial charge on any atom is -0.497 e. The van der Waals surface area contributed by atoms with E-state index < -0.39 is 34.4 Å². The molecular formula is C23H31N3O6S. The Morgan fingerprint density at radius 2 is 1.70 bits per heavy atom. The Kier molecular flexibility index (Phi) is 9.83. The van der Waals surface area contributed by atoms with Crippen LogP contribution >= 0.6 is 0 Å². The van der Waals surface area contributed by atoms with E-state index in [-0.39, 0.29) is 26.1 Å². The molecule has 0 saturated heterocycles. The number of likely N-dealkylation sites (N-methyl/N-ethyl adjacent to an activating group) is 1. The van der Waals surface area contributed by atoms with Gasteiger partial charge in [0, 0.05) is 26.6 Å². The van der Waals surface area contributed by atoms with Gasteiger partial charge in [-0.05, 0) is 23.3 Å². The summed E-state index contributed by atoms with van der Waals surface area (Å²) in [5.41, 5.74) is 1.59. The molecule has 0 saturated carbocycles. The lowest BCUT2D eigenvalue weighted by atomic mass is 10.0. The highest BCUT2D eigenvalue weighted by atomic mass is 32.2. The van der Waals surface area contributed by atoms with E-state index in [9.17, 15) is 18.0 Å². The van der Waals surface area contributed by atoms with Gasteiger partial charge in [-0.15, -0.1) is 0 Å². The first-order chi connectivity index (χ1) is 15.7. The van der Waals surface area contributed by atoms with Gasteiger partial charge < -0.3 is 20.1 Å². The molecule has 1 atom stereocenters. The molecule has 0 aliphatic rings. The zero-order valence-corrected chi connectivity index (χ0v) is 19.9. The maximum absolute atomic E-state index is 13.3. The average Bonchev–Trinajstić information content (AvgIpc) is 2.80. The van der Waals surface area contributed by atoms with Crippen LogP contribution in [0.25, 0.3) is 0 Å². The molecule has 0 aromatic heterocycles. The van der Waals surface area contributed by atoms with Crippen molar-refractivity contribution in [3.05, 3.63) is 65.7 Å². The highest BCUT2D eigenvalue weighted by molar-refractivity contribution is 7.88. The fourth-order valence-corrected chi connectivity index (χ4v) is 3.52. The molecule has 2 aromatic rings. The SMILES string of the molecule is COc1ccc(CN(C(=O)CN(C)S(C)(=O)=O)C(Cc2ccccc2)C(=O)NCCO)cc1. The average molecular weight is 478 g/mol. The molecule has 9 nitrogen and oxygen atoms in total. The van der Waals surface area contributed by atoms with Crippen LogP contribution in [0.5, 0.6) is 5.75 Å². The number of sulfonamides is 1. The van der Waals surface area contributed by atoms with Crippen LogP contribution in [0.15, 0.2) is 54.6 Å². The van der Waals surface area contributed by atoms with Gasteiger partial charge in [0.05, 0.1) is 26.5 Å². The van der Waals surface area contributed by atoms with E-state index in [2.05, 4.69) is 5.32 Å². The Labute approximate surface area is 195 Å². The fourth-order valence-electron chi connectivity index (χ4n) is 3.18. The number of benzene rings is 2. The van der Waals surface area contributed by atoms with Crippen LogP contribution in [0.2, 0.25) is 0 Å². The van der Waals surface area contributed by atoms with Crippen molar-refractivity contribution >= 4 is 21.8 Å². The number of nitrogens with one attached hydrogen (secondary N) is 1. The molecule has 0 aliphatic heterocycles. The van der Waals surface area contributed by atoms with E-state index in [1.165, 1.54) is 11.9 Å². The van der Waals surface area contributed by atoms with Crippen molar-refractivity contribution < 1.29 is 27.9 Å². The topological polar surface area (TPSA) is 116 Å². The number of methoxy groups -OCH3 is 1. The van der Waals surface area contributed by atoms with Gasteiger partial charge in [0.15, 0.2) is 0 Å². The minimum absolute atomic E-state index is 0.0396. The van der Waals surface area contributed by atoms with E-state index in [1.54, 1.807) is 31.4 Å². The summed E-state index contributed by atoms with van der Waals surface area (Å²) in [6.45, 7) is -0.525. The number of hydrogen-bond acceptors (Lipinski definition) is 6. The number of hydrogen-bond donors (Lipinski definition) is 2. The second-order valence-electron chi connectivity index (χ2n) is 7.61. The zero-order valence-electron chi connectivity index (χ0n) is 19.1. The van der Waals surface area contributed by atoms with Crippen molar-refractivity contribution in [2.45, 2.75) is 19.0 Å². The Hall–Kier alpha value is -2.95. The molecule has 180 valence electrons. The molecule has 10 heteroatoms. The van der Waals surface area contributed by atoms with Crippen LogP contribution in [-0.4, -0.2) is 80.7 Å². The van der Waals surface area contributed by atoms with Crippen LogP contribution in [0.1, 0.15) is 11.1 Å². The standard InChI is InChI=1S/C23H31N3O6S/c1-25(33(3,30)31)17-22(28)26(16-19-9-11-20(32-2)12-10-19)21(23(29)24-13-14-27)15-18-7-5-4-6-8-18/h4-12,21,27H,13-17H2,1-3H3,(H,24,29).